The first-order valence-corrected chi connectivity index (χ1v) is 16.1. The summed E-state index contributed by atoms with van der Waals surface area (Å²) in [6.45, 7) is 2.46. The molecule has 0 radical (unpaired) electrons. The minimum Gasteiger partial charge on any atom is -0.494 e. The molecule has 2 aromatic heterocycles. The number of carboxylic acid groups (broad SMARTS) is 1. The van der Waals surface area contributed by atoms with Crippen molar-refractivity contribution in [3.05, 3.63) is 34.7 Å². The first kappa shape index (κ1) is 28.9. The predicted octanol–water partition coefficient (Wildman–Crippen LogP) is 7.67. The number of alkyl halides is 3. The number of halogens is 3. The van der Waals surface area contributed by atoms with Crippen molar-refractivity contribution in [1.29, 1.82) is 0 Å². The summed E-state index contributed by atoms with van der Waals surface area (Å²) in [5.41, 5.74) is 2.03. The van der Waals surface area contributed by atoms with Gasteiger partial charge in [-0.2, -0.15) is 13.2 Å². The summed E-state index contributed by atoms with van der Waals surface area (Å²) < 4.78 is 60.5. The number of hydrogen-bond donors (Lipinski definition) is 1. The van der Waals surface area contributed by atoms with E-state index in [1.807, 2.05) is 0 Å². The van der Waals surface area contributed by atoms with Crippen molar-refractivity contribution in [2.45, 2.75) is 108 Å². The Morgan fingerprint density at radius 1 is 1.16 bits per heavy atom. The topological polar surface area (TPSA) is 97.9 Å². The average Bonchev–Trinajstić information content (AvgIpc) is 3.52. The van der Waals surface area contributed by atoms with Crippen molar-refractivity contribution in [3.8, 4) is 5.75 Å². The second-order valence-electron chi connectivity index (χ2n) is 12.8. The number of methoxy groups -OCH3 is 1. The maximum Gasteiger partial charge on any atom is 0.392 e. The van der Waals surface area contributed by atoms with Gasteiger partial charge in [0.05, 0.1) is 41.7 Å². The monoisotopic (exact) mass is 619 g/mol. The molecule has 0 amide bonds. The number of anilines is 1. The molecule has 2 saturated carbocycles. The summed E-state index contributed by atoms with van der Waals surface area (Å²) in [4.78, 5) is 18.9. The van der Waals surface area contributed by atoms with E-state index in [-0.39, 0.29) is 42.7 Å². The van der Waals surface area contributed by atoms with E-state index in [4.69, 9.17) is 19.0 Å². The van der Waals surface area contributed by atoms with Crippen molar-refractivity contribution in [2.24, 2.45) is 11.8 Å². The number of nitrogens with zero attached hydrogens (tertiary/aromatic N) is 3. The number of carboxylic acids is 1. The fourth-order valence-electron chi connectivity index (χ4n) is 7.77. The maximum absolute atomic E-state index is 14.0. The number of aromatic nitrogens is 2. The quantitative estimate of drug-likeness (QED) is 0.274. The van der Waals surface area contributed by atoms with Gasteiger partial charge in [-0.3, -0.25) is 0 Å². The Hall–Kier alpha value is -2.86. The van der Waals surface area contributed by atoms with E-state index in [9.17, 15) is 23.1 Å². The van der Waals surface area contributed by atoms with Gasteiger partial charge in [-0.15, -0.1) is 0 Å². The van der Waals surface area contributed by atoms with Gasteiger partial charge in [-0.1, -0.05) is 36.3 Å². The molecule has 4 heterocycles. The number of ether oxygens (including phenoxy) is 2. The van der Waals surface area contributed by atoms with Crippen molar-refractivity contribution in [2.75, 3.05) is 12.0 Å². The smallest absolute Gasteiger partial charge is 0.392 e. The van der Waals surface area contributed by atoms with Gasteiger partial charge in [-0.25, -0.2) is 9.78 Å². The number of piperidine rings is 1. The van der Waals surface area contributed by atoms with Crippen molar-refractivity contribution in [3.63, 3.8) is 0 Å². The van der Waals surface area contributed by atoms with Gasteiger partial charge in [0.25, 0.3) is 0 Å². The first-order chi connectivity index (χ1) is 20.6. The lowest BCUT2D eigenvalue weighted by atomic mass is 9.76. The average molecular weight is 620 g/mol. The van der Waals surface area contributed by atoms with Crippen LogP contribution in [-0.4, -0.2) is 52.7 Å². The molecular formula is C31H36F3N3O5S. The fourth-order valence-corrected chi connectivity index (χ4v) is 8.92. The molecule has 4 fully saturated rings. The highest BCUT2D eigenvalue weighted by atomic mass is 32.1. The van der Waals surface area contributed by atoms with Crippen LogP contribution in [-0.2, 0) is 11.3 Å². The van der Waals surface area contributed by atoms with Crippen molar-refractivity contribution in [1.82, 2.24) is 10.1 Å². The Kier molecular flexibility index (Phi) is 7.35. The second kappa shape index (κ2) is 10.9. The Labute approximate surface area is 251 Å². The molecule has 3 aromatic rings. The van der Waals surface area contributed by atoms with E-state index in [2.05, 4.69) is 17.0 Å². The SMILES string of the molecule is COc1cc(C(=O)O)cc2sc(N3C4CC(OCc5c(C6CCCCC6C(F)(F)F)noc5C5CC5)CC3[C@H](C)C4)nc12. The van der Waals surface area contributed by atoms with E-state index in [0.29, 0.717) is 35.7 Å². The number of fused-ring (bicyclic) bond motifs is 3. The summed E-state index contributed by atoms with van der Waals surface area (Å²) in [7, 11) is 1.52. The molecule has 5 unspecified atom stereocenters. The fraction of sp³-hybridized carbons (Fsp3) is 0.645. The van der Waals surface area contributed by atoms with Crippen LogP contribution >= 0.6 is 11.3 Å². The highest BCUT2D eigenvalue weighted by Gasteiger charge is 2.49. The third-order valence-electron chi connectivity index (χ3n) is 10.0. The van der Waals surface area contributed by atoms with Crippen LogP contribution in [0.1, 0.15) is 104 Å². The number of carbonyl (C=O) groups is 1. The molecule has 12 heteroatoms. The van der Waals surface area contributed by atoms with Crippen LogP contribution in [0.5, 0.6) is 5.75 Å². The molecule has 4 aliphatic rings. The molecule has 2 saturated heterocycles. The van der Waals surface area contributed by atoms with Crippen LogP contribution < -0.4 is 9.64 Å². The molecule has 6 atom stereocenters. The summed E-state index contributed by atoms with van der Waals surface area (Å²) in [5, 5.41) is 14.6. The van der Waals surface area contributed by atoms with Gasteiger partial charge in [-0.05, 0) is 63.0 Å². The molecule has 2 aliphatic heterocycles. The summed E-state index contributed by atoms with van der Waals surface area (Å²) in [5.74, 6) is -1.29. The van der Waals surface area contributed by atoms with Crippen molar-refractivity contribution < 1.29 is 37.1 Å². The largest absolute Gasteiger partial charge is 0.494 e. The van der Waals surface area contributed by atoms with E-state index in [0.717, 1.165) is 59.7 Å². The van der Waals surface area contributed by atoms with E-state index < -0.39 is 24.0 Å². The Morgan fingerprint density at radius 3 is 2.65 bits per heavy atom. The number of thiazole rings is 1. The molecular weight excluding hydrogens is 583 g/mol. The lowest BCUT2D eigenvalue weighted by molar-refractivity contribution is -0.187. The highest BCUT2D eigenvalue weighted by molar-refractivity contribution is 7.22. The van der Waals surface area contributed by atoms with Gasteiger partial charge in [0, 0.05) is 29.5 Å². The number of rotatable bonds is 8. The normalized spacial score (nSPS) is 29.4. The Morgan fingerprint density at radius 2 is 1.95 bits per heavy atom. The molecule has 8 nitrogen and oxygen atoms in total. The summed E-state index contributed by atoms with van der Waals surface area (Å²) in [6, 6.07) is 3.53. The highest BCUT2D eigenvalue weighted by Crippen LogP contribution is 2.51. The number of benzene rings is 1. The molecule has 1 aromatic carbocycles. The zero-order chi connectivity index (χ0) is 30.0. The first-order valence-electron chi connectivity index (χ1n) is 15.3. The van der Waals surface area contributed by atoms with Gasteiger partial charge < -0.3 is 24.0 Å². The van der Waals surface area contributed by atoms with Crippen LogP contribution in [0.15, 0.2) is 16.7 Å². The Balaban J connectivity index is 1.11. The van der Waals surface area contributed by atoms with Crippen LogP contribution in [0.25, 0.3) is 10.2 Å². The van der Waals surface area contributed by atoms with Gasteiger partial charge in [0.2, 0.25) is 0 Å². The molecule has 232 valence electrons. The second-order valence-corrected chi connectivity index (χ2v) is 13.8. The number of aromatic carboxylic acids is 1. The molecule has 2 bridgehead atoms. The molecule has 0 spiro atoms. The molecule has 2 aliphatic carbocycles. The molecule has 7 rings (SSSR count). The van der Waals surface area contributed by atoms with Crippen LogP contribution in [0.2, 0.25) is 0 Å². The standard InChI is InChI=1S/C31H36F3N3O5S/c1-15-9-18-12-19(13-23(15)37(18)30-35-27-24(40-2)10-17(29(38)39)11-25(27)43-30)41-14-21-26(36-42-28(21)16-7-8-16)20-5-3-4-6-22(20)31(32,33)34/h10-11,15-16,18-20,22-23H,3-9,12-14H2,1-2H3,(H,38,39)/t15-,18?,19?,20?,22?,23?/m1/s1. The van der Waals surface area contributed by atoms with Gasteiger partial charge in [0.15, 0.2) is 5.13 Å². The zero-order valence-corrected chi connectivity index (χ0v) is 25.0. The lowest BCUT2D eigenvalue weighted by Crippen LogP contribution is -2.46. The Bertz CT molecular complexity index is 1520. The third-order valence-corrected chi connectivity index (χ3v) is 11.0. The van der Waals surface area contributed by atoms with Crippen LogP contribution in [0.4, 0.5) is 18.3 Å². The predicted molar refractivity (Wildman–Crippen MR) is 154 cm³/mol. The van der Waals surface area contributed by atoms with Gasteiger partial charge in [0.1, 0.15) is 17.0 Å². The minimum atomic E-state index is -4.26. The maximum atomic E-state index is 14.0. The van der Waals surface area contributed by atoms with E-state index in [1.54, 1.807) is 6.07 Å². The summed E-state index contributed by atoms with van der Waals surface area (Å²) in [6.07, 6.45) is 2.12. The molecule has 1 N–H and O–H groups in total. The summed E-state index contributed by atoms with van der Waals surface area (Å²) >= 11 is 1.48. The number of hydrogen-bond acceptors (Lipinski definition) is 8. The molecule has 43 heavy (non-hydrogen) atoms. The van der Waals surface area contributed by atoms with Crippen LogP contribution in [0.3, 0.4) is 0 Å². The minimum absolute atomic E-state index is 0.0432. The third kappa shape index (κ3) is 5.28. The van der Waals surface area contributed by atoms with Crippen LogP contribution in [0, 0.1) is 11.8 Å². The zero-order valence-electron chi connectivity index (χ0n) is 24.2. The van der Waals surface area contributed by atoms with E-state index in [1.165, 1.54) is 24.5 Å². The van der Waals surface area contributed by atoms with E-state index >= 15 is 0 Å². The lowest BCUT2D eigenvalue weighted by Gasteiger charge is -2.39. The van der Waals surface area contributed by atoms with Gasteiger partial charge >= 0.3 is 12.1 Å². The van der Waals surface area contributed by atoms with Crippen molar-refractivity contribution >= 4 is 32.7 Å².